The maximum absolute atomic E-state index is 8.92. The first-order chi connectivity index (χ1) is 11.1. The van der Waals surface area contributed by atoms with Crippen molar-refractivity contribution in [3.05, 3.63) is 70.8 Å². The average molecular weight is 312 g/mol. The van der Waals surface area contributed by atoms with Gasteiger partial charge in [-0.25, -0.2) is 0 Å². The molecule has 0 saturated heterocycles. The van der Waals surface area contributed by atoms with Gasteiger partial charge in [0.05, 0.1) is 0 Å². The molecule has 0 atom stereocenters. The van der Waals surface area contributed by atoms with Crippen LogP contribution >= 0.6 is 0 Å². The summed E-state index contributed by atoms with van der Waals surface area (Å²) in [6.07, 6.45) is 3.49. The normalized spacial score (nSPS) is 11.7. The Balaban J connectivity index is 2.13. The van der Waals surface area contributed by atoms with Crippen molar-refractivity contribution in [2.45, 2.75) is 44.9 Å². The molecule has 0 heterocycles. The fraction of sp³-hybridized carbons (Fsp3) is 0.429. The molecule has 2 aromatic carbocycles. The van der Waals surface area contributed by atoms with Crippen LogP contribution in [0.25, 0.3) is 0 Å². The molecule has 0 bridgehead atoms. The number of aliphatic hydroxyl groups is 2. The Morgan fingerprint density at radius 1 is 0.652 bits per heavy atom. The molecule has 0 amide bonds. The molecule has 0 spiro atoms. The summed E-state index contributed by atoms with van der Waals surface area (Å²) in [5.74, 6) is 0. The van der Waals surface area contributed by atoms with Gasteiger partial charge in [0.2, 0.25) is 0 Å². The van der Waals surface area contributed by atoms with Crippen LogP contribution < -0.4 is 0 Å². The predicted octanol–water partition coefficient (Wildman–Crippen LogP) is 3.86. The van der Waals surface area contributed by atoms with Crippen LogP contribution in [0.5, 0.6) is 0 Å². The summed E-state index contributed by atoms with van der Waals surface area (Å²) in [6.45, 7) is 4.99. The van der Waals surface area contributed by atoms with Gasteiger partial charge >= 0.3 is 0 Å². The van der Waals surface area contributed by atoms with E-state index in [1.807, 2.05) is 0 Å². The first kappa shape index (κ1) is 17.7. The summed E-state index contributed by atoms with van der Waals surface area (Å²) in [7, 11) is 0. The fourth-order valence-corrected chi connectivity index (χ4v) is 2.91. The minimum Gasteiger partial charge on any atom is -0.396 e. The lowest BCUT2D eigenvalue weighted by atomic mass is 9.77. The van der Waals surface area contributed by atoms with E-state index < -0.39 is 0 Å². The van der Waals surface area contributed by atoms with E-state index in [0.717, 1.165) is 25.7 Å². The minimum atomic E-state index is -0.0367. The molecule has 0 radical (unpaired) electrons. The van der Waals surface area contributed by atoms with E-state index in [1.54, 1.807) is 0 Å². The van der Waals surface area contributed by atoms with Crippen molar-refractivity contribution in [3.8, 4) is 0 Å². The minimum absolute atomic E-state index is 0.0367. The highest BCUT2D eigenvalue weighted by Gasteiger charge is 2.22. The predicted molar refractivity (Wildman–Crippen MR) is 95.8 cm³/mol. The molecule has 2 N–H and O–H groups in total. The standard InChI is InChI=1S/C21H28O2/c1-21(2,19-11-7-17(8-12-19)5-3-15-22)20-13-9-18(10-14-20)6-4-16-23/h7-14,22-23H,3-6,15-16H2,1-2H3. The van der Waals surface area contributed by atoms with E-state index in [-0.39, 0.29) is 18.6 Å². The van der Waals surface area contributed by atoms with E-state index in [0.29, 0.717) is 0 Å². The van der Waals surface area contributed by atoms with Crippen molar-refractivity contribution in [2.75, 3.05) is 13.2 Å². The van der Waals surface area contributed by atoms with Crippen molar-refractivity contribution in [1.82, 2.24) is 0 Å². The zero-order valence-corrected chi connectivity index (χ0v) is 14.3. The molecular formula is C21H28O2. The summed E-state index contributed by atoms with van der Waals surface area (Å²) >= 11 is 0. The number of aliphatic hydroxyl groups excluding tert-OH is 2. The van der Waals surface area contributed by atoms with Gasteiger partial charge < -0.3 is 10.2 Å². The Morgan fingerprint density at radius 3 is 1.30 bits per heavy atom. The maximum atomic E-state index is 8.92. The van der Waals surface area contributed by atoms with Crippen LogP contribution in [-0.4, -0.2) is 23.4 Å². The highest BCUT2D eigenvalue weighted by atomic mass is 16.3. The Morgan fingerprint density at radius 2 is 1.00 bits per heavy atom. The summed E-state index contributed by atoms with van der Waals surface area (Å²) in [4.78, 5) is 0. The average Bonchev–Trinajstić information content (AvgIpc) is 2.59. The molecule has 0 aliphatic carbocycles. The van der Waals surface area contributed by atoms with Crippen molar-refractivity contribution in [3.63, 3.8) is 0 Å². The lowest BCUT2D eigenvalue weighted by molar-refractivity contribution is 0.288. The Labute approximate surface area is 139 Å². The van der Waals surface area contributed by atoms with Gasteiger partial charge in [0.25, 0.3) is 0 Å². The van der Waals surface area contributed by atoms with Gasteiger partial charge in [-0.3, -0.25) is 0 Å². The molecule has 0 fully saturated rings. The summed E-state index contributed by atoms with van der Waals surface area (Å²) in [6, 6.07) is 17.5. The molecule has 0 aliphatic rings. The lowest BCUT2D eigenvalue weighted by Gasteiger charge is -2.26. The molecule has 2 rings (SSSR count). The molecule has 2 nitrogen and oxygen atoms in total. The number of hydrogen-bond acceptors (Lipinski definition) is 2. The zero-order chi connectivity index (χ0) is 16.7. The highest BCUT2D eigenvalue weighted by molar-refractivity contribution is 5.39. The van der Waals surface area contributed by atoms with Crippen LogP contribution in [0.4, 0.5) is 0 Å². The second-order valence-electron chi connectivity index (χ2n) is 6.67. The molecule has 2 heteroatoms. The van der Waals surface area contributed by atoms with Gasteiger partial charge in [-0.1, -0.05) is 62.4 Å². The second-order valence-corrected chi connectivity index (χ2v) is 6.67. The quantitative estimate of drug-likeness (QED) is 0.777. The zero-order valence-electron chi connectivity index (χ0n) is 14.3. The summed E-state index contributed by atoms with van der Waals surface area (Å²) in [5, 5.41) is 17.8. The monoisotopic (exact) mass is 312 g/mol. The SMILES string of the molecule is CC(C)(c1ccc(CCCO)cc1)c1ccc(CCCO)cc1. The molecule has 124 valence electrons. The largest absolute Gasteiger partial charge is 0.396 e. The van der Waals surface area contributed by atoms with Gasteiger partial charge in [0.15, 0.2) is 0 Å². The number of aryl methyl sites for hydroxylation is 2. The van der Waals surface area contributed by atoms with Crippen molar-refractivity contribution < 1.29 is 10.2 Å². The van der Waals surface area contributed by atoms with Crippen molar-refractivity contribution in [1.29, 1.82) is 0 Å². The van der Waals surface area contributed by atoms with Crippen LogP contribution in [0.1, 0.15) is 48.9 Å². The van der Waals surface area contributed by atoms with Gasteiger partial charge in [-0.2, -0.15) is 0 Å². The molecule has 0 aliphatic heterocycles. The molecular weight excluding hydrogens is 284 g/mol. The van der Waals surface area contributed by atoms with Crippen LogP contribution in [0.3, 0.4) is 0 Å². The number of benzene rings is 2. The lowest BCUT2D eigenvalue weighted by Crippen LogP contribution is -2.18. The third-order valence-electron chi connectivity index (χ3n) is 4.60. The van der Waals surface area contributed by atoms with E-state index in [4.69, 9.17) is 10.2 Å². The van der Waals surface area contributed by atoms with Gasteiger partial charge in [0.1, 0.15) is 0 Å². The van der Waals surface area contributed by atoms with Gasteiger partial charge in [0, 0.05) is 18.6 Å². The maximum Gasteiger partial charge on any atom is 0.0434 e. The second kappa shape index (κ2) is 8.28. The molecule has 0 unspecified atom stereocenters. The Kier molecular flexibility index (Phi) is 6.37. The van der Waals surface area contributed by atoms with Crippen molar-refractivity contribution >= 4 is 0 Å². The molecule has 23 heavy (non-hydrogen) atoms. The summed E-state index contributed by atoms with van der Waals surface area (Å²) in [5.41, 5.74) is 5.11. The van der Waals surface area contributed by atoms with Gasteiger partial charge in [-0.15, -0.1) is 0 Å². The third-order valence-corrected chi connectivity index (χ3v) is 4.60. The third kappa shape index (κ3) is 4.66. The molecule has 0 saturated carbocycles. The summed E-state index contributed by atoms with van der Waals surface area (Å²) < 4.78 is 0. The van der Waals surface area contributed by atoms with E-state index >= 15 is 0 Å². The molecule has 0 aromatic heterocycles. The Bertz CT molecular complexity index is 529. The van der Waals surface area contributed by atoms with Crippen LogP contribution in [0.2, 0.25) is 0 Å². The number of rotatable bonds is 8. The van der Waals surface area contributed by atoms with E-state index in [1.165, 1.54) is 22.3 Å². The molecule has 2 aromatic rings. The topological polar surface area (TPSA) is 40.5 Å². The van der Waals surface area contributed by atoms with Crippen LogP contribution in [0, 0.1) is 0 Å². The van der Waals surface area contributed by atoms with Gasteiger partial charge in [-0.05, 0) is 47.9 Å². The van der Waals surface area contributed by atoms with E-state index in [2.05, 4.69) is 62.4 Å². The van der Waals surface area contributed by atoms with Crippen LogP contribution in [-0.2, 0) is 18.3 Å². The Hall–Kier alpha value is -1.64. The van der Waals surface area contributed by atoms with E-state index in [9.17, 15) is 0 Å². The fourth-order valence-electron chi connectivity index (χ4n) is 2.91. The highest BCUT2D eigenvalue weighted by Crippen LogP contribution is 2.31. The smallest absolute Gasteiger partial charge is 0.0434 e. The van der Waals surface area contributed by atoms with Crippen molar-refractivity contribution in [2.24, 2.45) is 0 Å². The first-order valence-corrected chi connectivity index (χ1v) is 8.48. The van der Waals surface area contributed by atoms with Crippen LogP contribution in [0.15, 0.2) is 48.5 Å². The first-order valence-electron chi connectivity index (χ1n) is 8.48. The number of hydrogen-bond donors (Lipinski definition) is 2.